The minimum Gasteiger partial charge on any atom is -0.367 e. The first-order valence-corrected chi connectivity index (χ1v) is 12.8. The molecule has 33 heavy (non-hydrogen) atoms. The van der Waals surface area contributed by atoms with Gasteiger partial charge in [0.25, 0.3) is 0 Å². The second-order valence-corrected chi connectivity index (χ2v) is 10.8. The summed E-state index contributed by atoms with van der Waals surface area (Å²) in [6.07, 6.45) is 8.14. The van der Waals surface area contributed by atoms with Crippen molar-refractivity contribution in [3.8, 4) is 6.07 Å². The maximum absolute atomic E-state index is 13.0. The van der Waals surface area contributed by atoms with E-state index in [1.54, 1.807) is 18.2 Å². The van der Waals surface area contributed by atoms with Crippen molar-refractivity contribution in [3.63, 3.8) is 0 Å². The van der Waals surface area contributed by atoms with Crippen LogP contribution in [0.5, 0.6) is 0 Å². The summed E-state index contributed by atoms with van der Waals surface area (Å²) in [6.45, 7) is 0.638. The number of aromatic nitrogens is 1. The summed E-state index contributed by atoms with van der Waals surface area (Å²) < 4.78 is 27.5. The van der Waals surface area contributed by atoms with E-state index in [4.69, 9.17) is 4.84 Å². The molecule has 1 aromatic carbocycles. The molecule has 2 N–H and O–H groups in total. The monoisotopic (exact) mass is 465 g/mol. The van der Waals surface area contributed by atoms with E-state index in [-0.39, 0.29) is 17.5 Å². The molecule has 2 aliphatic carbocycles. The van der Waals surface area contributed by atoms with Crippen molar-refractivity contribution in [2.75, 3.05) is 18.4 Å². The number of benzene rings is 1. The Balaban J connectivity index is 1.20. The van der Waals surface area contributed by atoms with Crippen molar-refractivity contribution < 1.29 is 13.3 Å². The molecule has 1 unspecified atom stereocenters. The minimum absolute atomic E-state index is 0.130. The summed E-state index contributed by atoms with van der Waals surface area (Å²) in [6, 6.07) is 13.5. The molecule has 2 aromatic rings. The van der Waals surface area contributed by atoms with E-state index >= 15 is 0 Å². The zero-order chi connectivity index (χ0) is 22.8. The van der Waals surface area contributed by atoms with Gasteiger partial charge in [-0.25, -0.2) is 13.4 Å². The van der Waals surface area contributed by atoms with Crippen LogP contribution in [-0.4, -0.2) is 36.8 Å². The van der Waals surface area contributed by atoms with Crippen molar-refractivity contribution in [1.82, 2.24) is 14.8 Å². The van der Waals surface area contributed by atoms with Gasteiger partial charge in [0.1, 0.15) is 16.8 Å². The van der Waals surface area contributed by atoms with E-state index < -0.39 is 10.0 Å². The molecule has 9 heteroatoms. The Morgan fingerprint density at radius 1 is 1.18 bits per heavy atom. The Bertz CT molecular complexity index is 1180. The van der Waals surface area contributed by atoms with Gasteiger partial charge in [0.05, 0.1) is 11.6 Å². The summed E-state index contributed by atoms with van der Waals surface area (Å²) in [5.41, 5.74) is 5.52. The van der Waals surface area contributed by atoms with Crippen LogP contribution in [0.15, 0.2) is 59.3 Å². The van der Waals surface area contributed by atoms with Gasteiger partial charge >= 0.3 is 0 Å². The molecule has 0 bridgehead atoms. The molecular weight excluding hydrogens is 438 g/mol. The second-order valence-electron chi connectivity index (χ2n) is 8.86. The molecular formula is C24H27N5O3S. The molecule has 2 heterocycles. The van der Waals surface area contributed by atoms with Gasteiger partial charge in [-0.15, -0.1) is 0 Å². The largest absolute Gasteiger partial charge is 0.367 e. The van der Waals surface area contributed by atoms with Gasteiger partial charge in [0.2, 0.25) is 10.0 Å². The van der Waals surface area contributed by atoms with E-state index in [0.29, 0.717) is 36.3 Å². The molecule has 2 fully saturated rings. The van der Waals surface area contributed by atoms with Gasteiger partial charge in [-0.05, 0) is 67.5 Å². The first kappa shape index (κ1) is 21.9. The minimum atomic E-state index is -3.60. The normalized spacial score (nSPS) is 19.9. The number of sulfonamides is 1. The fourth-order valence-electron chi connectivity index (χ4n) is 3.93. The first-order chi connectivity index (χ1) is 16.0. The first-order valence-electron chi connectivity index (χ1n) is 11.4. The van der Waals surface area contributed by atoms with Gasteiger partial charge in [-0.1, -0.05) is 12.1 Å². The van der Waals surface area contributed by atoms with Crippen molar-refractivity contribution in [3.05, 3.63) is 65.5 Å². The average Bonchev–Trinajstić information content (AvgIpc) is 3.76. The number of rotatable bonds is 9. The molecule has 1 aromatic heterocycles. The van der Waals surface area contributed by atoms with Crippen molar-refractivity contribution >= 4 is 15.8 Å². The fraction of sp³-hybridized carbons (Fsp3) is 0.417. The lowest BCUT2D eigenvalue weighted by atomic mass is 10.0. The van der Waals surface area contributed by atoms with E-state index in [1.807, 2.05) is 24.3 Å². The van der Waals surface area contributed by atoms with Crippen LogP contribution in [0.25, 0.3) is 0 Å². The maximum atomic E-state index is 13.0. The van der Waals surface area contributed by atoms with E-state index in [0.717, 1.165) is 36.9 Å². The molecule has 1 atom stereocenters. The number of hydrogen-bond donors (Lipinski definition) is 2. The van der Waals surface area contributed by atoms with Gasteiger partial charge in [0.15, 0.2) is 0 Å². The van der Waals surface area contributed by atoms with Crippen LogP contribution in [0, 0.1) is 17.2 Å². The third-order valence-corrected chi connectivity index (χ3v) is 8.04. The van der Waals surface area contributed by atoms with Gasteiger partial charge < -0.3 is 5.32 Å². The SMILES string of the molecule is N#Cc1cccc(C(ONC2=CCN(S(=O)(=O)c3ccc(NC4CC4)nc3)CC2)C2CC2)c1. The molecule has 0 spiro atoms. The highest BCUT2D eigenvalue weighted by molar-refractivity contribution is 7.89. The van der Waals surface area contributed by atoms with Crippen molar-refractivity contribution in [2.45, 2.75) is 49.1 Å². The molecule has 0 saturated heterocycles. The van der Waals surface area contributed by atoms with Gasteiger partial charge in [-0.2, -0.15) is 9.57 Å². The van der Waals surface area contributed by atoms with Crippen LogP contribution in [-0.2, 0) is 14.9 Å². The van der Waals surface area contributed by atoms with E-state index in [2.05, 4.69) is 21.9 Å². The predicted molar refractivity (Wildman–Crippen MR) is 123 cm³/mol. The summed E-state index contributed by atoms with van der Waals surface area (Å²) in [5.74, 6) is 1.14. The summed E-state index contributed by atoms with van der Waals surface area (Å²) in [4.78, 5) is 10.5. The maximum Gasteiger partial charge on any atom is 0.244 e. The Hall–Kier alpha value is -2.93. The molecule has 2 saturated carbocycles. The number of hydroxylamine groups is 1. The van der Waals surface area contributed by atoms with Crippen LogP contribution < -0.4 is 10.8 Å². The van der Waals surface area contributed by atoms with Crippen LogP contribution in [0.2, 0.25) is 0 Å². The highest BCUT2D eigenvalue weighted by Gasteiger charge is 2.34. The molecule has 8 nitrogen and oxygen atoms in total. The van der Waals surface area contributed by atoms with Gasteiger partial charge in [-0.3, -0.25) is 10.3 Å². The number of nitriles is 1. The van der Waals surface area contributed by atoms with Gasteiger partial charge in [0, 0.05) is 37.4 Å². The van der Waals surface area contributed by atoms with E-state index in [9.17, 15) is 13.7 Å². The van der Waals surface area contributed by atoms with Crippen molar-refractivity contribution in [2.24, 2.45) is 5.92 Å². The molecule has 5 rings (SSSR count). The lowest BCUT2D eigenvalue weighted by molar-refractivity contribution is -0.0246. The predicted octanol–water partition coefficient (Wildman–Crippen LogP) is 3.48. The zero-order valence-corrected chi connectivity index (χ0v) is 19.1. The Morgan fingerprint density at radius 3 is 2.67 bits per heavy atom. The third kappa shape index (κ3) is 5.19. The number of pyridine rings is 1. The molecule has 1 aliphatic heterocycles. The van der Waals surface area contributed by atoms with Crippen LogP contribution >= 0.6 is 0 Å². The van der Waals surface area contributed by atoms with E-state index in [1.165, 1.54) is 10.5 Å². The second kappa shape index (κ2) is 9.14. The highest BCUT2D eigenvalue weighted by atomic mass is 32.2. The van der Waals surface area contributed by atoms with Crippen LogP contribution in [0.4, 0.5) is 5.82 Å². The van der Waals surface area contributed by atoms with Crippen LogP contribution in [0.3, 0.4) is 0 Å². The number of anilines is 1. The lowest BCUT2D eigenvalue weighted by Crippen LogP contribution is -2.37. The number of nitrogens with zero attached hydrogens (tertiary/aromatic N) is 3. The molecule has 172 valence electrons. The van der Waals surface area contributed by atoms with Crippen LogP contribution in [0.1, 0.15) is 49.3 Å². The number of nitrogens with one attached hydrogen (secondary N) is 2. The smallest absolute Gasteiger partial charge is 0.244 e. The Kier molecular flexibility index (Phi) is 6.06. The molecule has 3 aliphatic rings. The van der Waals surface area contributed by atoms with Crippen molar-refractivity contribution in [1.29, 1.82) is 5.26 Å². The Morgan fingerprint density at radius 2 is 2.03 bits per heavy atom. The highest BCUT2D eigenvalue weighted by Crippen LogP contribution is 2.43. The standard InChI is InChI=1S/C24H27N5O3S/c25-15-17-2-1-3-19(14-17)24(18-4-5-18)32-28-21-10-12-29(13-11-21)33(30,31)22-8-9-23(26-16-22)27-20-6-7-20/h1-3,8-10,14,16,18,20,24,28H,4-7,11-13H2,(H,26,27). The molecule has 0 radical (unpaired) electrons. The summed E-state index contributed by atoms with van der Waals surface area (Å²) >= 11 is 0. The third-order valence-electron chi connectivity index (χ3n) is 6.19. The molecule has 0 amide bonds. The summed E-state index contributed by atoms with van der Waals surface area (Å²) in [5, 5.41) is 12.4. The fourth-order valence-corrected chi connectivity index (χ4v) is 5.25. The zero-order valence-electron chi connectivity index (χ0n) is 18.3. The topological polar surface area (TPSA) is 107 Å². The summed E-state index contributed by atoms with van der Waals surface area (Å²) in [7, 11) is -3.60. The quantitative estimate of drug-likeness (QED) is 0.546. The Labute approximate surface area is 194 Å². The number of hydrogen-bond acceptors (Lipinski definition) is 7. The average molecular weight is 466 g/mol. The lowest BCUT2D eigenvalue weighted by Gasteiger charge is -2.27.